The van der Waals surface area contributed by atoms with Gasteiger partial charge in [-0.15, -0.1) is 11.3 Å². The van der Waals surface area contributed by atoms with Crippen molar-refractivity contribution in [1.29, 1.82) is 0 Å². The highest BCUT2D eigenvalue weighted by Gasteiger charge is 2.29. The van der Waals surface area contributed by atoms with Crippen LogP contribution in [0.5, 0.6) is 0 Å². The normalized spacial score (nSPS) is 26.6. The van der Waals surface area contributed by atoms with Crippen molar-refractivity contribution < 1.29 is 0 Å². The fraction of sp³-hybridized carbons (Fsp3) is 0.750. The van der Waals surface area contributed by atoms with E-state index in [1.807, 2.05) is 0 Å². The molecule has 1 N–H and O–H groups in total. The molecule has 1 unspecified atom stereocenters. The molecule has 1 aromatic heterocycles. The molecule has 2 aliphatic heterocycles. The number of rotatable bonds is 2. The van der Waals surface area contributed by atoms with Crippen LogP contribution in [0.1, 0.15) is 12.1 Å². The first kappa shape index (κ1) is 11.4. The molecule has 0 aromatic carbocycles. The maximum Gasteiger partial charge on any atom is 0.185 e. The molecule has 94 valence electrons. The van der Waals surface area contributed by atoms with Crippen LogP contribution in [0.15, 0.2) is 5.38 Å². The largest absolute Gasteiger partial charge is 0.346 e. The Morgan fingerprint density at radius 3 is 2.88 bits per heavy atom. The van der Waals surface area contributed by atoms with Crippen molar-refractivity contribution in [2.45, 2.75) is 19.4 Å². The Balaban J connectivity index is 1.61. The van der Waals surface area contributed by atoms with E-state index in [9.17, 15) is 0 Å². The predicted octanol–water partition coefficient (Wildman–Crippen LogP) is 0.935. The van der Waals surface area contributed by atoms with Crippen molar-refractivity contribution in [1.82, 2.24) is 15.2 Å². The number of nitrogens with zero attached hydrogens (tertiary/aromatic N) is 3. The molecule has 2 aliphatic rings. The molecule has 1 atom stereocenters. The molecule has 0 amide bonds. The van der Waals surface area contributed by atoms with Crippen molar-refractivity contribution in [3.05, 3.63) is 11.1 Å². The predicted molar refractivity (Wildman–Crippen MR) is 71.9 cm³/mol. The molecule has 3 rings (SSSR count). The van der Waals surface area contributed by atoms with E-state index in [0.717, 1.165) is 31.4 Å². The smallest absolute Gasteiger partial charge is 0.185 e. The van der Waals surface area contributed by atoms with Gasteiger partial charge in [0.2, 0.25) is 0 Å². The van der Waals surface area contributed by atoms with Crippen LogP contribution in [0, 0.1) is 6.92 Å². The number of thiazole rings is 1. The molecule has 4 nitrogen and oxygen atoms in total. The third kappa shape index (κ3) is 2.46. The van der Waals surface area contributed by atoms with Gasteiger partial charge in [-0.1, -0.05) is 0 Å². The summed E-state index contributed by atoms with van der Waals surface area (Å²) in [5.41, 5.74) is 1.15. The minimum atomic E-state index is 0.737. The summed E-state index contributed by atoms with van der Waals surface area (Å²) < 4.78 is 0. The lowest BCUT2D eigenvalue weighted by Gasteiger charge is -2.32. The summed E-state index contributed by atoms with van der Waals surface area (Å²) >= 11 is 1.78. The van der Waals surface area contributed by atoms with E-state index < -0.39 is 0 Å². The molecular formula is C12H20N4S. The van der Waals surface area contributed by atoms with E-state index in [4.69, 9.17) is 0 Å². The maximum atomic E-state index is 4.59. The second-order valence-electron chi connectivity index (χ2n) is 4.95. The monoisotopic (exact) mass is 252 g/mol. The Kier molecular flexibility index (Phi) is 3.31. The standard InChI is InChI=1S/C12H20N4S/c1-10-9-17-12(14-10)16-5-2-11(8-16)15-6-3-13-4-7-15/h9,11,13H,2-8H2,1H3. The molecule has 3 heterocycles. The van der Waals surface area contributed by atoms with Gasteiger partial charge in [0.15, 0.2) is 5.13 Å². The summed E-state index contributed by atoms with van der Waals surface area (Å²) in [5, 5.41) is 6.77. The second kappa shape index (κ2) is 4.92. The van der Waals surface area contributed by atoms with Crippen LogP contribution < -0.4 is 10.2 Å². The van der Waals surface area contributed by atoms with Crippen LogP contribution in [-0.2, 0) is 0 Å². The lowest BCUT2D eigenvalue weighted by atomic mass is 10.2. The SMILES string of the molecule is Cc1csc(N2CCC(N3CCNCC3)C2)n1. The Hall–Kier alpha value is -0.650. The molecule has 0 aliphatic carbocycles. The van der Waals surface area contributed by atoms with E-state index in [1.165, 1.54) is 31.2 Å². The van der Waals surface area contributed by atoms with Crippen molar-refractivity contribution in [2.24, 2.45) is 0 Å². The van der Waals surface area contributed by atoms with Crippen LogP contribution >= 0.6 is 11.3 Å². The van der Waals surface area contributed by atoms with Crippen molar-refractivity contribution in [3.63, 3.8) is 0 Å². The summed E-state index contributed by atoms with van der Waals surface area (Å²) in [6, 6.07) is 0.737. The summed E-state index contributed by atoms with van der Waals surface area (Å²) in [7, 11) is 0. The Labute approximate surface area is 107 Å². The van der Waals surface area contributed by atoms with Gasteiger partial charge in [-0.25, -0.2) is 4.98 Å². The molecule has 5 heteroatoms. The van der Waals surface area contributed by atoms with E-state index in [0.29, 0.717) is 0 Å². The quantitative estimate of drug-likeness (QED) is 0.849. The second-order valence-corrected chi connectivity index (χ2v) is 5.78. The van der Waals surface area contributed by atoms with Gasteiger partial charge in [0.25, 0.3) is 0 Å². The Bertz CT molecular complexity index is 372. The number of aryl methyl sites for hydroxylation is 1. The van der Waals surface area contributed by atoms with Crippen LogP contribution in [-0.4, -0.2) is 55.2 Å². The van der Waals surface area contributed by atoms with E-state index in [1.54, 1.807) is 11.3 Å². The van der Waals surface area contributed by atoms with Crippen LogP contribution in [0.4, 0.5) is 5.13 Å². The number of nitrogens with one attached hydrogen (secondary N) is 1. The zero-order valence-corrected chi connectivity index (χ0v) is 11.2. The maximum absolute atomic E-state index is 4.59. The van der Waals surface area contributed by atoms with Gasteiger partial charge in [0, 0.05) is 50.7 Å². The zero-order chi connectivity index (χ0) is 11.7. The first-order chi connectivity index (χ1) is 8.33. The third-order valence-corrected chi connectivity index (χ3v) is 4.73. The van der Waals surface area contributed by atoms with Gasteiger partial charge < -0.3 is 10.2 Å². The average molecular weight is 252 g/mol. The van der Waals surface area contributed by atoms with E-state index >= 15 is 0 Å². The van der Waals surface area contributed by atoms with Gasteiger partial charge in [-0.3, -0.25) is 4.90 Å². The minimum absolute atomic E-state index is 0.737. The lowest BCUT2D eigenvalue weighted by Crippen LogP contribution is -2.49. The average Bonchev–Trinajstić information content (AvgIpc) is 2.98. The third-order valence-electron chi connectivity index (χ3n) is 3.71. The van der Waals surface area contributed by atoms with Crippen molar-refractivity contribution in [3.8, 4) is 0 Å². The number of aromatic nitrogens is 1. The van der Waals surface area contributed by atoms with Gasteiger partial charge in [-0.2, -0.15) is 0 Å². The van der Waals surface area contributed by atoms with E-state index in [-0.39, 0.29) is 0 Å². The lowest BCUT2D eigenvalue weighted by molar-refractivity contribution is 0.185. The first-order valence-electron chi connectivity index (χ1n) is 6.45. The molecule has 2 fully saturated rings. The van der Waals surface area contributed by atoms with Gasteiger partial charge in [-0.05, 0) is 13.3 Å². The van der Waals surface area contributed by atoms with Crippen molar-refractivity contribution in [2.75, 3.05) is 44.2 Å². The molecular weight excluding hydrogens is 232 g/mol. The highest BCUT2D eigenvalue weighted by molar-refractivity contribution is 7.13. The summed E-state index contributed by atoms with van der Waals surface area (Å²) in [6.07, 6.45) is 1.29. The zero-order valence-electron chi connectivity index (χ0n) is 10.4. The highest BCUT2D eigenvalue weighted by atomic mass is 32.1. The van der Waals surface area contributed by atoms with Crippen molar-refractivity contribution >= 4 is 16.5 Å². The van der Waals surface area contributed by atoms with Gasteiger partial charge in [0.05, 0.1) is 5.69 Å². The topological polar surface area (TPSA) is 31.4 Å². The number of piperazine rings is 1. The Morgan fingerprint density at radius 1 is 1.35 bits per heavy atom. The molecule has 2 saturated heterocycles. The number of hydrogen-bond donors (Lipinski definition) is 1. The fourth-order valence-electron chi connectivity index (χ4n) is 2.75. The molecule has 0 spiro atoms. The van der Waals surface area contributed by atoms with Crippen LogP contribution in [0.2, 0.25) is 0 Å². The molecule has 0 saturated carbocycles. The van der Waals surface area contributed by atoms with E-state index in [2.05, 4.69) is 32.4 Å². The van der Waals surface area contributed by atoms with Gasteiger partial charge in [0.1, 0.15) is 0 Å². The summed E-state index contributed by atoms with van der Waals surface area (Å²) in [4.78, 5) is 9.67. The van der Waals surface area contributed by atoms with Crippen LogP contribution in [0.3, 0.4) is 0 Å². The number of hydrogen-bond acceptors (Lipinski definition) is 5. The Morgan fingerprint density at radius 2 is 2.18 bits per heavy atom. The minimum Gasteiger partial charge on any atom is -0.346 e. The molecule has 0 bridgehead atoms. The molecule has 0 radical (unpaired) electrons. The number of anilines is 1. The first-order valence-corrected chi connectivity index (χ1v) is 7.33. The molecule has 1 aromatic rings. The summed E-state index contributed by atoms with van der Waals surface area (Å²) in [5.74, 6) is 0. The summed E-state index contributed by atoms with van der Waals surface area (Å²) in [6.45, 7) is 9.10. The highest BCUT2D eigenvalue weighted by Crippen LogP contribution is 2.26. The molecule has 17 heavy (non-hydrogen) atoms. The van der Waals surface area contributed by atoms with Gasteiger partial charge >= 0.3 is 0 Å². The van der Waals surface area contributed by atoms with Crippen LogP contribution in [0.25, 0.3) is 0 Å². The fourth-order valence-corrected chi connectivity index (χ4v) is 3.59.